The third-order valence-electron chi connectivity index (χ3n) is 2.80. The Morgan fingerprint density at radius 3 is 2.75 bits per heavy atom. The van der Waals surface area contributed by atoms with Crippen molar-refractivity contribution in [3.8, 4) is 0 Å². The van der Waals surface area contributed by atoms with Gasteiger partial charge in [0, 0.05) is 18.4 Å². The Morgan fingerprint density at radius 1 is 1.35 bits per heavy atom. The highest BCUT2D eigenvalue weighted by molar-refractivity contribution is 7.91. The highest BCUT2D eigenvalue weighted by atomic mass is 32.2. The van der Waals surface area contributed by atoms with Crippen molar-refractivity contribution in [1.82, 2.24) is 20.6 Å². The molecule has 9 heteroatoms. The summed E-state index contributed by atoms with van der Waals surface area (Å²) in [6.45, 7) is -0.230. The molecule has 1 aromatic rings. The molecule has 1 atom stereocenters. The van der Waals surface area contributed by atoms with Gasteiger partial charge in [0.25, 0.3) is 5.91 Å². The van der Waals surface area contributed by atoms with E-state index >= 15 is 0 Å². The van der Waals surface area contributed by atoms with Gasteiger partial charge in [0.2, 0.25) is 5.91 Å². The summed E-state index contributed by atoms with van der Waals surface area (Å²) in [6.07, 6.45) is 4.51. The van der Waals surface area contributed by atoms with Gasteiger partial charge in [-0.2, -0.15) is 0 Å². The second-order valence-corrected chi connectivity index (χ2v) is 6.67. The average molecular weight is 298 g/mol. The van der Waals surface area contributed by atoms with Gasteiger partial charge < -0.3 is 10.6 Å². The fraction of sp³-hybridized carbons (Fsp3) is 0.455. The molecule has 0 saturated carbocycles. The topological polar surface area (TPSA) is 118 Å². The van der Waals surface area contributed by atoms with E-state index in [4.69, 9.17) is 0 Å². The summed E-state index contributed by atoms with van der Waals surface area (Å²) >= 11 is 0. The number of rotatable bonds is 4. The minimum absolute atomic E-state index is 0.0448. The number of carbonyl (C=O) groups is 2. The minimum Gasteiger partial charge on any atom is -0.351 e. The molecular formula is C11H14N4O4S. The van der Waals surface area contributed by atoms with E-state index in [-0.39, 0.29) is 29.8 Å². The summed E-state index contributed by atoms with van der Waals surface area (Å²) in [5.41, 5.74) is 0.115. The Bertz CT molecular complexity index is 602. The maximum absolute atomic E-state index is 11.6. The molecule has 0 aromatic carbocycles. The van der Waals surface area contributed by atoms with Gasteiger partial charge in [-0.3, -0.25) is 14.6 Å². The highest BCUT2D eigenvalue weighted by Crippen LogP contribution is 2.10. The van der Waals surface area contributed by atoms with E-state index in [9.17, 15) is 18.0 Å². The van der Waals surface area contributed by atoms with Crippen molar-refractivity contribution < 1.29 is 18.0 Å². The van der Waals surface area contributed by atoms with Crippen LogP contribution in [0.3, 0.4) is 0 Å². The van der Waals surface area contributed by atoms with Gasteiger partial charge in [-0.25, -0.2) is 13.4 Å². The Kier molecular flexibility index (Phi) is 4.28. The zero-order valence-electron chi connectivity index (χ0n) is 10.6. The summed E-state index contributed by atoms with van der Waals surface area (Å²) < 4.78 is 22.5. The summed E-state index contributed by atoms with van der Waals surface area (Å²) in [6, 6.07) is -0.374. The first kappa shape index (κ1) is 14.4. The second kappa shape index (κ2) is 5.95. The van der Waals surface area contributed by atoms with E-state index in [0.29, 0.717) is 6.42 Å². The first-order valence-electron chi connectivity index (χ1n) is 6.00. The SMILES string of the molecule is O=C(CNC(=O)c1cnccn1)NC1CCS(=O)(=O)C1. The minimum atomic E-state index is -3.04. The number of nitrogens with one attached hydrogen (secondary N) is 2. The first-order chi connectivity index (χ1) is 9.46. The summed E-state index contributed by atoms with van der Waals surface area (Å²) in [5, 5.41) is 4.96. The molecule has 2 rings (SSSR count). The number of nitrogens with zero attached hydrogens (tertiary/aromatic N) is 2. The monoisotopic (exact) mass is 298 g/mol. The van der Waals surface area contributed by atoms with Crippen molar-refractivity contribution in [1.29, 1.82) is 0 Å². The number of amides is 2. The van der Waals surface area contributed by atoms with Crippen LogP contribution < -0.4 is 10.6 Å². The third-order valence-corrected chi connectivity index (χ3v) is 4.57. The molecule has 0 bridgehead atoms. The van der Waals surface area contributed by atoms with Gasteiger partial charge in [-0.15, -0.1) is 0 Å². The normalized spacial score (nSPS) is 20.3. The maximum atomic E-state index is 11.6. The van der Waals surface area contributed by atoms with E-state index in [2.05, 4.69) is 20.6 Å². The molecule has 1 aliphatic heterocycles. The number of aromatic nitrogens is 2. The molecule has 1 aliphatic rings. The van der Waals surface area contributed by atoms with E-state index in [1.165, 1.54) is 18.6 Å². The smallest absolute Gasteiger partial charge is 0.271 e. The number of hydrogen-bond acceptors (Lipinski definition) is 6. The molecule has 2 heterocycles. The predicted octanol–water partition coefficient (Wildman–Crippen LogP) is -1.49. The fourth-order valence-corrected chi connectivity index (χ4v) is 3.53. The van der Waals surface area contributed by atoms with Gasteiger partial charge in [0.05, 0.1) is 24.2 Å². The van der Waals surface area contributed by atoms with Gasteiger partial charge in [0.1, 0.15) is 5.69 Å². The number of sulfone groups is 1. The van der Waals surface area contributed by atoms with Crippen LogP contribution in [0.1, 0.15) is 16.9 Å². The zero-order chi connectivity index (χ0) is 14.6. The molecule has 8 nitrogen and oxygen atoms in total. The van der Waals surface area contributed by atoms with Crippen LogP contribution in [0.15, 0.2) is 18.6 Å². The molecular weight excluding hydrogens is 284 g/mol. The lowest BCUT2D eigenvalue weighted by Gasteiger charge is -2.11. The second-order valence-electron chi connectivity index (χ2n) is 4.44. The van der Waals surface area contributed by atoms with Crippen molar-refractivity contribution in [2.24, 2.45) is 0 Å². The maximum Gasteiger partial charge on any atom is 0.271 e. The molecule has 108 valence electrons. The first-order valence-corrected chi connectivity index (χ1v) is 7.82. The van der Waals surface area contributed by atoms with Crippen LogP contribution in [-0.2, 0) is 14.6 Å². The Labute approximate surface area is 115 Å². The largest absolute Gasteiger partial charge is 0.351 e. The van der Waals surface area contributed by atoms with E-state index in [1.807, 2.05) is 0 Å². The van der Waals surface area contributed by atoms with Crippen molar-refractivity contribution in [2.45, 2.75) is 12.5 Å². The summed E-state index contributed by atoms with van der Waals surface area (Å²) in [7, 11) is -3.04. The van der Waals surface area contributed by atoms with E-state index in [0.717, 1.165) is 0 Å². The molecule has 0 radical (unpaired) electrons. The van der Waals surface area contributed by atoms with Crippen LogP contribution in [0.5, 0.6) is 0 Å². The molecule has 1 saturated heterocycles. The Hall–Kier alpha value is -2.03. The zero-order valence-corrected chi connectivity index (χ0v) is 11.4. The van der Waals surface area contributed by atoms with Crippen LogP contribution in [0.4, 0.5) is 0 Å². The molecule has 2 amide bonds. The van der Waals surface area contributed by atoms with E-state index in [1.54, 1.807) is 0 Å². The Balaban J connectivity index is 1.77. The van der Waals surface area contributed by atoms with E-state index < -0.39 is 21.7 Å². The lowest BCUT2D eigenvalue weighted by molar-refractivity contribution is -0.120. The van der Waals surface area contributed by atoms with Crippen molar-refractivity contribution in [3.63, 3.8) is 0 Å². The highest BCUT2D eigenvalue weighted by Gasteiger charge is 2.28. The standard InChI is InChI=1S/C11H14N4O4S/c16-10(15-8-1-4-20(18,19)7-8)6-14-11(17)9-5-12-2-3-13-9/h2-3,5,8H,1,4,6-7H2,(H,14,17)(H,15,16). The fourth-order valence-electron chi connectivity index (χ4n) is 1.86. The lowest BCUT2D eigenvalue weighted by atomic mass is 10.2. The molecule has 0 spiro atoms. The van der Waals surface area contributed by atoms with Crippen LogP contribution in [0.25, 0.3) is 0 Å². The van der Waals surface area contributed by atoms with Crippen LogP contribution >= 0.6 is 0 Å². The molecule has 1 aromatic heterocycles. The van der Waals surface area contributed by atoms with Crippen molar-refractivity contribution in [3.05, 3.63) is 24.3 Å². The van der Waals surface area contributed by atoms with Crippen molar-refractivity contribution >= 4 is 21.7 Å². The quantitative estimate of drug-likeness (QED) is 0.699. The third kappa shape index (κ3) is 3.98. The number of hydrogen-bond donors (Lipinski definition) is 2. The lowest BCUT2D eigenvalue weighted by Crippen LogP contribution is -2.42. The van der Waals surface area contributed by atoms with Gasteiger partial charge in [0.15, 0.2) is 9.84 Å². The molecule has 0 aliphatic carbocycles. The predicted molar refractivity (Wildman–Crippen MR) is 69.6 cm³/mol. The van der Waals surface area contributed by atoms with Crippen LogP contribution in [-0.4, -0.2) is 54.3 Å². The van der Waals surface area contributed by atoms with Gasteiger partial charge >= 0.3 is 0 Å². The van der Waals surface area contributed by atoms with Crippen LogP contribution in [0, 0.1) is 0 Å². The van der Waals surface area contributed by atoms with Gasteiger partial charge in [-0.1, -0.05) is 0 Å². The summed E-state index contributed by atoms with van der Waals surface area (Å²) in [5.74, 6) is -0.891. The number of carbonyl (C=O) groups excluding carboxylic acids is 2. The average Bonchev–Trinajstić information content (AvgIpc) is 2.76. The summed E-state index contributed by atoms with van der Waals surface area (Å²) in [4.78, 5) is 30.7. The van der Waals surface area contributed by atoms with Gasteiger partial charge in [-0.05, 0) is 6.42 Å². The van der Waals surface area contributed by atoms with Crippen LogP contribution in [0.2, 0.25) is 0 Å². The molecule has 1 unspecified atom stereocenters. The Morgan fingerprint density at radius 2 is 2.15 bits per heavy atom. The molecule has 20 heavy (non-hydrogen) atoms. The molecule has 1 fully saturated rings. The van der Waals surface area contributed by atoms with Crippen molar-refractivity contribution in [2.75, 3.05) is 18.1 Å². The molecule has 2 N–H and O–H groups in total.